The quantitative estimate of drug-likeness (QED) is 0.636. The van der Waals surface area contributed by atoms with Crippen LogP contribution in [0, 0.1) is 0 Å². The number of rotatable bonds is 6. The van der Waals surface area contributed by atoms with Crippen molar-refractivity contribution in [2.45, 2.75) is 25.5 Å². The lowest BCUT2D eigenvalue weighted by Gasteiger charge is -2.17. The highest BCUT2D eigenvalue weighted by Gasteiger charge is 2.23. The van der Waals surface area contributed by atoms with Crippen molar-refractivity contribution in [1.29, 1.82) is 0 Å². The minimum Gasteiger partial charge on any atom is -0.496 e. The third-order valence-corrected chi connectivity index (χ3v) is 2.82. The molecule has 2 atom stereocenters. The zero-order chi connectivity index (χ0) is 14.6. The SMILES string of the molecule is COc1cc(C(C)=O)ccc1C[C@@H](O)[C@H](N)C(=O)O. The number of hydrogen-bond acceptors (Lipinski definition) is 5. The van der Waals surface area contributed by atoms with Gasteiger partial charge in [0.15, 0.2) is 5.78 Å². The number of carbonyl (C=O) groups is 2. The monoisotopic (exact) mass is 267 g/mol. The van der Waals surface area contributed by atoms with E-state index in [-0.39, 0.29) is 12.2 Å². The van der Waals surface area contributed by atoms with Gasteiger partial charge in [0.1, 0.15) is 11.8 Å². The van der Waals surface area contributed by atoms with Gasteiger partial charge < -0.3 is 20.7 Å². The number of nitrogens with two attached hydrogens (primary N) is 1. The summed E-state index contributed by atoms with van der Waals surface area (Å²) in [7, 11) is 1.44. The van der Waals surface area contributed by atoms with Crippen LogP contribution in [0.1, 0.15) is 22.8 Å². The van der Waals surface area contributed by atoms with Crippen LogP contribution in [0.3, 0.4) is 0 Å². The molecule has 0 spiro atoms. The van der Waals surface area contributed by atoms with Gasteiger partial charge in [-0.15, -0.1) is 0 Å². The first-order chi connectivity index (χ1) is 8.86. The second kappa shape index (κ2) is 6.31. The predicted molar refractivity (Wildman–Crippen MR) is 68.3 cm³/mol. The summed E-state index contributed by atoms with van der Waals surface area (Å²) in [5.41, 5.74) is 6.41. The minimum absolute atomic E-state index is 0.0365. The first-order valence-corrected chi connectivity index (χ1v) is 5.71. The third kappa shape index (κ3) is 3.77. The van der Waals surface area contributed by atoms with Crippen LogP contribution in [0.25, 0.3) is 0 Å². The Kier molecular flexibility index (Phi) is 5.02. The van der Waals surface area contributed by atoms with Crippen LogP contribution in [-0.2, 0) is 11.2 Å². The molecule has 0 radical (unpaired) electrons. The Bertz CT molecular complexity index is 486. The van der Waals surface area contributed by atoms with E-state index in [4.69, 9.17) is 15.6 Å². The number of ether oxygens (including phenoxy) is 1. The van der Waals surface area contributed by atoms with Gasteiger partial charge in [0.05, 0.1) is 13.2 Å². The van der Waals surface area contributed by atoms with Crippen LogP contribution < -0.4 is 10.5 Å². The predicted octanol–water partition coefficient (Wildman–Crippen LogP) is 0.213. The summed E-state index contributed by atoms with van der Waals surface area (Å²) in [6.07, 6.45) is -1.19. The van der Waals surface area contributed by atoms with Crippen molar-refractivity contribution in [3.05, 3.63) is 29.3 Å². The van der Waals surface area contributed by atoms with Crippen LogP contribution in [0.5, 0.6) is 5.75 Å². The summed E-state index contributed by atoms with van der Waals surface area (Å²) >= 11 is 0. The lowest BCUT2D eigenvalue weighted by Crippen LogP contribution is -2.42. The number of aliphatic hydroxyl groups is 1. The molecule has 1 aromatic rings. The zero-order valence-corrected chi connectivity index (χ0v) is 10.8. The van der Waals surface area contributed by atoms with Gasteiger partial charge >= 0.3 is 5.97 Å². The topological polar surface area (TPSA) is 110 Å². The first kappa shape index (κ1) is 15.1. The van der Waals surface area contributed by atoms with Gasteiger partial charge in [-0.1, -0.05) is 12.1 Å². The van der Waals surface area contributed by atoms with Crippen molar-refractivity contribution in [3.63, 3.8) is 0 Å². The maximum absolute atomic E-state index is 11.2. The number of carboxylic acids is 1. The largest absolute Gasteiger partial charge is 0.496 e. The van der Waals surface area contributed by atoms with E-state index in [0.717, 1.165) is 0 Å². The number of aliphatic hydroxyl groups excluding tert-OH is 1. The normalized spacial score (nSPS) is 13.7. The summed E-state index contributed by atoms with van der Waals surface area (Å²) in [5, 5.41) is 18.4. The highest BCUT2D eigenvalue weighted by Crippen LogP contribution is 2.22. The Hall–Kier alpha value is -1.92. The van der Waals surface area contributed by atoms with Gasteiger partial charge in [0.25, 0.3) is 0 Å². The molecule has 0 amide bonds. The van der Waals surface area contributed by atoms with E-state index < -0.39 is 18.1 Å². The second-order valence-electron chi connectivity index (χ2n) is 4.22. The van der Waals surface area contributed by atoms with Crippen molar-refractivity contribution in [3.8, 4) is 5.75 Å². The zero-order valence-electron chi connectivity index (χ0n) is 10.8. The summed E-state index contributed by atoms with van der Waals surface area (Å²) in [6, 6.07) is 3.40. The molecule has 0 unspecified atom stereocenters. The van der Waals surface area contributed by atoms with Crippen molar-refractivity contribution in [2.24, 2.45) is 5.73 Å². The Morgan fingerprint density at radius 1 is 1.42 bits per heavy atom. The van der Waals surface area contributed by atoms with Gasteiger partial charge in [-0.25, -0.2) is 0 Å². The van der Waals surface area contributed by atoms with E-state index in [1.165, 1.54) is 14.0 Å². The summed E-state index contributed by atoms with van der Waals surface area (Å²) in [4.78, 5) is 21.9. The number of benzene rings is 1. The number of carboxylic acid groups (broad SMARTS) is 1. The maximum Gasteiger partial charge on any atom is 0.323 e. The van der Waals surface area contributed by atoms with Crippen LogP contribution in [0.2, 0.25) is 0 Å². The first-order valence-electron chi connectivity index (χ1n) is 5.71. The molecule has 0 aliphatic heterocycles. The van der Waals surface area contributed by atoms with E-state index in [0.29, 0.717) is 16.9 Å². The molecule has 6 heteroatoms. The van der Waals surface area contributed by atoms with Crippen molar-refractivity contribution in [2.75, 3.05) is 7.11 Å². The van der Waals surface area contributed by atoms with E-state index in [9.17, 15) is 14.7 Å². The summed E-state index contributed by atoms with van der Waals surface area (Å²) < 4.78 is 5.13. The lowest BCUT2D eigenvalue weighted by atomic mass is 9.99. The smallest absolute Gasteiger partial charge is 0.323 e. The molecule has 0 bridgehead atoms. The van der Waals surface area contributed by atoms with Crippen LogP contribution in [-0.4, -0.2) is 41.2 Å². The van der Waals surface area contributed by atoms with Gasteiger partial charge in [-0.2, -0.15) is 0 Å². The lowest BCUT2D eigenvalue weighted by molar-refractivity contribution is -0.141. The molecule has 1 rings (SSSR count). The highest BCUT2D eigenvalue weighted by molar-refractivity contribution is 5.94. The number of aliphatic carboxylic acids is 1. The molecule has 0 heterocycles. The average Bonchev–Trinajstić information content (AvgIpc) is 2.37. The molecule has 1 aromatic carbocycles. The van der Waals surface area contributed by atoms with E-state index in [1.807, 2.05) is 0 Å². The number of Topliss-reactive ketones (excluding diaryl/α,β-unsaturated/α-hetero) is 1. The van der Waals surface area contributed by atoms with Crippen LogP contribution in [0.15, 0.2) is 18.2 Å². The van der Waals surface area contributed by atoms with Crippen molar-refractivity contribution < 1.29 is 24.5 Å². The van der Waals surface area contributed by atoms with Crippen molar-refractivity contribution >= 4 is 11.8 Å². The molecular weight excluding hydrogens is 250 g/mol. The summed E-state index contributed by atoms with van der Waals surface area (Å²) in [6.45, 7) is 1.43. The molecule has 6 nitrogen and oxygen atoms in total. The fraction of sp³-hybridized carbons (Fsp3) is 0.385. The standard InChI is InChI=1S/C13H17NO5/c1-7(15)8-3-4-9(11(6-8)19-2)5-10(16)12(14)13(17)18/h3-4,6,10,12,16H,5,14H2,1-2H3,(H,17,18)/t10-,12+/m1/s1. The molecule has 0 aliphatic carbocycles. The molecule has 0 saturated carbocycles. The Balaban J connectivity index is 2.95. The maximum atomic E-state index is 11.2. The number of ketones is 1. The number of hydrogen-bond donors (Lipinski definition) is 3. The Morgan fingerprint density at radius 3 is 2.53 bits per heavy atom. The van der Waals surface area contributed by atoms with E-state index in [1.54, 1.807) is 18.2 Å². The average molecular weight is 267 g/mol. The fourth-order valence-electron chi connectivity index (χ4n) is 1.65. The molecule has 0 aromatic heterocycles. The van der Waals surface area contributed by atoms with Gasteiger partial charge in [0.2, 0.25) is 0 Å². The fourth-order valence-corrected chi connectivity index (χ4v) is 1.65. The minimum atomic E-state index is -1.36. The third-order valence-electron chi connectivity index (χ3n) is 2.82. The number of methoxy groups -OCH3 is 1. The molecule has 0 saturated heterocycles. The number of carbonyl (C=O) groups excluding carboxylic acids is 1. The van der Waals surface area contributed by atoms with E-state index >= 15 is 0 Å². The van der Waals surface area contributed by atoms with Gasteiger partial charge in [-0.05, 0) is 18.6 Å². The summed E-state index contributed by atoms with van der Waals surface area (Å²) in [5.74, 6) is -0.955. The van der Waals surface area contributed by atoms with Gasteiger partial charge in [-0.3, -0.25) is 9.59 Å². The molecule has 4 N–H and O–H groups in total. The van der Waals surface area contributed by atoms with Gasteiger partial charge in [0, 0.05) is 12.0 Å². The van der Waals surface area contributed by atoms with Crippen molar-refractivity contribution in [1.82, 2.24) is 0 Å². The molecule has 19 heavy (non-hydrogen) atoms. The van der Waals surface area contributed by atoms with Crippen LogP contribution in [0.4, 0.5) is 0 Å². The highest BCUT2D eigenvalue weighted by atomic mass is 16.5. The molecular formula is C13H17NO5. The molecule has 104 valence electrons. The Labute approximate surface area is 110 Å². The molecule has 0 fully saturated rings. The van der Waals surface area contributed by atoms with E-state index in [2.05, 4.69) is 0 Å². The Morgan fingerprint density at radius 2 is 2.05 bits per heavy atom. The molecule has 0 aliphatic rings. The van der Waals surface area contributed by atoms with Crippen LogP contribution >= 0.6 is 0 Å². The second-order valence-corrected chi connectivity index (χ2v) is 4.22.